The van der Waals surface area contributed by atoms with Gasteiger partial charge in [0.1, 0.15) is 36.1 Å². The standard InChI is InChI=1S/C64H78ClN15O8/c1-39(2)58(74-64(87)88-29-27-71-75-68)60(83)73-55(17-12-26-70-63(67)86)59(82)72-47-20-18-44(45(30-47)36-69-5)38-80(8,9)28-13-16-49-31-42-14-10-11-15-43(42)37-78(49)61(84)52-25-19-46(65)32-54(52)57-34-53(40(3)77(57)7)62(85)79(48-21-23-51(81)24-22-48)56-33-50(35-66)76(6)41(56)4/h10-11,14-15,18-25,30,32-34,39,49,55,58,69H,12-13,16-17,26-29,31,36-38H2,1-9H3,(H6-,67,70,72,73,74,81,82,83,86,87)/p+1/t49-,55+,58+/m1/s1. The van der Waals surface area contributed by atoms with Crippen LogP contribution in [0.3, 0.4) is 0 Å². The molecule has 0 bridgehead atoms. The summed E-state index contributed by atoms with van der Waals surface area (Å²) in [5.41, 5.74) is 23.2. The molecule has 7 rings (SSSR count). The number of urea groups is 1. The van der Waals surface area contributed by atoms with E-state index in [4.69, 9.17) is 27.6 Å². The van der Waals surface area contributed by atoms with Gasteiger partial charge >= 0.3 is 12.1 Å². The molecule has 3 atom stereocenters. The number of nitrogens with zero attached hydrogens (tertiary/aromatic N) is 9. The number of rotatable bonds is 26. The zero-order chi connectivity index (χ0) is 64.0. The van der Waals surface area contributed by atoms with E-state index in [0.29, 0.717) is 98.5 Å². The highest BCUT2D eigenvalue weighted by atomic mass is 35.5. The van der Waals surface area contributed by atoms with Gasteiger partial charge in [0, 0.05) is 94.9 Å². The summed E-state index contributed by atoms with van der Waals surface area (Å²) in [5.74, 6) is -2.07. The maximum absolute atomic E-state index is 15.4. The molecule has 1 aliphatic rings. The number of aromatic nitrogens is 2. The van der Waals surface area contributed by atoms with Crippen LogP contribution in [0.4, 0.5) is 26.7 Å². The number of nitriles is 1. The summed E-state index contributed by atoms with van der Waals surface area (Å²) in [5, 5.41) is 37.9. The van der Waals surface area contributed by atoms with Gasteiger partial charge in [-0.15, -0.1) is 0 Å². The topological polar surface area (TPSA) is 307 Å². The monoisotopic (exact) mass is 1220 g/mol. The Morgan fingerprint density at radius 2 is 1.64 bits per heavy atom. The number of primary amides is 1. The number of carbonyl (C=O) groups is 6. The van der Waals surface area contributed by atoms with Gasteiger partial charge in [-0.2, -0.15) is 5.26 Å². The van der Waals surface area contributed by atoms with E-state index in [2.05, 4.69) is 68.9 Å². The normalized spacial score (nSPS) is 13.5. The molecule has 23 nitrogen and oxygen atoms in total. The molecule has 0 radical (unpaired) electrons. The van der Waals surface area contributed by atoms with E-state index in [0.717, 1.165) is 29.7 Å². The number of aromatic hydroxyl groups is 1. The minimum absolute atomic E-state index is 0.0325. The molecule has 0 saturated carbocycles. The number of ether oxygens (including phenoxy) is 1. The minimum atomic E-state index is -1.08. The van der Waals surface area contributed by atoms with Gasteiger partial charge in [0.15, 0.2) is 0 Å². The number of nitrogens with two attached hydrogens (primary N) is 1. The zero-order valence-corrected chi connectivity index (χ0v) is 52.1. The maximum atomic E-state index is 15.4. The molecule has 0 spiro atoms. The van der Waals surface area contributed by atoms with Gasteiger partial charge in [-0.1, -0.05) is 60.9 Å². The van der Waals surface area contributed by atoms with Crippen LogP contribution in [-0.2, 0) is 54.5 Å². The fourth-order valence-electron chi connectivity index (χ4n) is 11.1. The van der Waals surface area contributed by atoms with Crippen LogP contribution in [0.25, 0.3) is 21.7 Å². The predicted octanol–water partition coefficient (Wildman–Crippen LogP) is 9.13. The molecule has 464 valence electrons. The van der Waals surface area contributed by atoms with Crippen molar-refractivity contribution in [3.8, 4) is 23.1 Å². The van der Waals surface area contributed by atoms with Crippen LogP contribution < -0.4 is 37.2 Å². The van der Waals surface area contributed by atoms with Gasteiger partial charge in [0.2, 0.25) is 11.8 Å². The fourth-order valence-corrected chi connectivity index (χ4v) is 11.3. The van der Waals surface area contributed by atoms with E-state index in [1.54, 1.807) is 67.9 Å². The second-order valence-corrected chi connectivity index (χ2v) is 23.5. The Hall–Kier alpha value is -9.33. The summed E-state index contributed by atoms with van der Waals surface area (Å²) in [4.78, 5) is 88.3. The lowest BCUT2D eigenvalue weighted by atomic mass is 9.90. The Morgan fingerprint density at radius 1 is 0.909 bits per heavy atom. The maximum Gasteiger partial charge on any atom is 0.407 e. The number of fused-ring (bicyclic) bond motifs is 1. The number of azide groups is 1. The van der Waals surface area contributed by atoms with Gasteiger partial charge in [-0.25, -0.2) is 9.59 Å². The lowest BCUT2D eigenvalue weighted by Crippen LogP contribution is -2.54. The average molecular weight is 1220 g/mol. The molecule has 24 heteroatoms. The molecule has 4 aromatic carbocycles. The molecular formula is C64H79ClN15O8+. The number of alkyl carbamates (subject to hydrolysis) is 1. The number of nitrogens with one attached hydrogen (secondary N) is 5. The number of phenolic OH excluding ortho intramolecular Hbond substituents is 1. The predicted molar refractivity (Wildman–Crippen MR) is 337 cm³/mol. The summed E-state index contributed by atoms with van der Waals surface area (Å²) < 4.78 is 9.26. The number of halogens is 1. The molecule has 0 saturated heterocycles. The van der Waals surface area contributed by atoms with Gasteiger partial charge in [-0.3, -0.25) is 24.1 Å². The van der Waals surface area contributed by atoms with Gasteiger partial charge in [0.05, 0.1) is 45.0 Å². The average Bonchev–Trinajstić information content (AvgIpc) is 2.52. The highest BCUT2D eigenvalue weighted by Crippen LogP contribution is 2.38. The summed E-state index contributed by atoms with van der Waals surface area (Å²) in [6.45, 7) is 9.27. The van der Waals surface area contributed by atoms with E-state index < -0.39 is 41.9 Å². The van der Waals surface area contributed by atoms with E-state index in [9.17, 15) is 29.5 Å². The molecule has 7 amide bonds. The summed E-state index contributed by atoms with van der Waals surface area (Å²) in [6.07, 6.45) is 1.65. The molecule has 0 unspecified atom stereocenters. The van der Waals surface area contributed by atoms with Crippen LogP contribution in [0.5, 0.6) is 5.75 Å². The van der Waals surface area contributed by atoms with Gasteiger partial charge in [-0.05, 0) is 148 Å². The summed E-state index contributed by atoms with van der Waals surface area (Å²) in [7, 11) is 9.78. The van der Waals surface area contributed by atoms with Crippen LogP contribution in [0.2, 0.25) is 5.02 Å². The number of phenols is 1. The zero-order valence-electron chi connectivity index (χ0n) is 51.3. The second kappa shape index (κ2) is 29.9. The van der Waals surface area contributed by atoms with Crippen LogP contribution in [0, 0.1) is 31.1 Å². The number of benzene rings is 4. The SMILES string of the molecule is CNCc1cc(NC(=O)[C@H](CCCNC(N)=O)NC(=O)[C@@H](NC(=O)OCCN=[N+]=[N-])C(C)C)ccc1C[N+](C)(C)CCC[C@@H]1Cc2ccccc2CN1C(=O)c1ccc(Cl)cc1-c1cc(C(=O)N(c2ccc(O)cc2)c2cc(C#N)n(C)c2C)c(C)n1C. The van der Waals surface area contributed by atoms with Crippen molar-refractivity contribution in [2.45, 2.75) is 97.6 Å². The summed E-state index contributed by atoms with van der Waals surface area (Å²) >= 11 is 6.78. The third kappa shape index (κ3) is 16.4. The number of anilines is 3. The molecule has 0 fully saturated rings. The fraction of sp³-hybridized carbons (Fsp3) is 0.391. The molecule has 6 aromatic rings. The van der Waals surface area contributed by atoms with Crippen molar-refractivity contribution in [2.75, 3.05) is 57.6 Å². The Balaban J connectivity index is 1.08. The number of quaternary nitrogens is 1. The van der Waals surface area contributed by atoms with Crippen LogP contribution in [0.1, 0.15) is 99.6 Å². The smallest absolute Gasteiger partial charge is 0.407 e. The van der Waals surface area contributed by atoms with E-state index in [-0.39, 0.29) is 56.1 Å². The molecule has 0 aliphatic carbocycles. The van der Waals surface area contributed by atoms with Crippen molar-refractivity contribution in [3.05, 3.63) is 163 Å². The quantitative estimate of drug-likeness (QED) is 0.00888. The van der Waals surface area contributed by atoms with Gasteiger partial charge < -0.3 is 60.7 Å². The molecular weight excluding hydrogens is 1140 g/mol. The van der Waals surface area contributed by atoms with Crippen molar-refractivity contribution in [2.24, 2.45) is 30.9 Å². The number of amides is 7. The first-order valence-electron chi connectivity index (χ1n) is 29.2. The highest BCUT2D eigenvalue weighted by molar-refractivity contribution is 6.31. The van der Waals surface area contributed by atoms with E-state index >= 15 is 9.59 Å². The van der Waals surface area contributed by atoms with E-state index in [1.807, 2.05) is 67.7 Å². The molecule has 1 aliphatic heterocycles. The minimum Gasteiger partial charge on any atom is -0.508 e. The first-order chi connectivity index (χ1) is 41.9. The van der Waals surface area contributed by atoms with E-state index in [1.165, 1.54) is 22.6 Å². The summed E-state index contributed by atoms with van der Waals surface area (Å²) in [6, 6.07) is 28.0. The first-order valence-corrected chi connectivity index (χ1v) is 29.5. The third-order valence-corrected chi connectivity index (χ3v) is 16.3. The van der Waals surface area contributed by atoms with Crippen molar-refractivity contribution in [1.29, 1.82) is 5.26 Å². The molecule has 2 aromatic heterocycles. The first kappa shape index (κ1) is 66.2. The van der Waals surface area contributed by atoms with Crippen LogP contribution in [-0.4, -0.2) is 125 Å². The lowest BCUT2D eigenvalue weighted by Gasteiger charge is -2.38. The van der Waals surface area contributed by atoms with Crippen molar-refractivity contribution >= 4 is 64.4 Å². The Bertz CT molecular complexity index is 3640. The Kier molecular flexibility index (Phi) is 22.5. The number of hydrogen-bond acceptors (Lipinski definition) is 11. The molecule has 3 heterocycles. The number of carbonyl (C=O) groups excluding carboxylic acids is 6. The molecule has 8 N–H and O–H groups in total. The van der Waals surface area contributed by atoms with Crippen molar-refractivity contribution < 1.29 is 43.1 Å². The Morgan fingerprint density at radius 3 is 2.31 bits per heavy atom. The second-order valence-electron chi connectivity index (χ2n) is 23.1. The lowest BCUT2D eigenvalue weighted by molar-refractivity contribution is -0.903. The van der Waals surface area contributed by atoms with Crippen LogP contribution >= 0.6 is 11.6 Å². The van der Waals surface area contributed by atoms with Crippen LogP contribution in [0.15, 0.2) is 102 Å². The Labute approximate surface area is 518 Å². The molecule has 88 heavy (non-hydrogen) atoms. The highest BCUT2D eigenvalue weighted by Gasteiger charge is 2.35. The van der Waals surface area contributed by atoms with Crippen molar-refractivity contribution in [3.63, 3.8) is 0 Å². The van der Waals surface area contributed by atoms with Gasteiger partial charge in [0.25, 0.3) is 11.8 Å². The third-order valence-electron chi connectivity index (χ3n) is 16.1. The largest absolute Gasteiger partial charge is 0.508 e. The number of hydrogen-bond donors (Lipinski definition) is 7. The van der Waals surface area contributed by atoms with Crippen molar-refractivity contribution in [1.82, 2.24) is 35.3 Å².